The molecule has 0 saturated carbocycles. The molecule has 1 aromatic rings. The van der Waals surface area contributed by atoms with Gasteiger partial charge in [-0.25, -0.2) is 18.2 Å². The van der Waals surface area contributed by atoms with Gasteiger partial charge in [-0.05, 0) is 0 Å². The number of rotatable bonds is 1. The number of hydrogen-bond acceptors (Lipinski definition) is 0. The van der Waals surface area contributed by atoms with E-state index in [0.29, 0.717) is 5.54 Å². The number of fused-ring (bicyclic) bond motifs is 1. The molecule has 0 aromatic heterocycles. The maximum atomic E-state index is 3.50. The molecule has 1 unspecified atom stereocenters. The summed E-state index contributed by atoms with van der Waals surface area (Å²) < 4.78 is 0. The van der Waals surface area contributed by atoms with Crippen LogP contribution in [0, 0.1) is 12.2 Å². The van der Waals surface area contributed by atoms with E-state index >= 15 is 0 Å². The minimum absolute atomic E-state index is 0. The van der Waals surface area contributed by atoms with Crippen molar-refractivity contribution < 1.29 is 26.2 Å². The van der Waals surface area contributed by atoms with Gasteiger partial charge in [0, 0.05) is 8.07 Å². The van der Waals surface area contributed by atoms with Crippen molar-refractivity contribution in [1.29, 1.82) is 0 Å². The van der Waals surface area contributed by atoms with Gasteiger partial charge in [0.2, 0.25) is 0 Å². The van der Waals surface area contributed by atoms with Crippen LogP contribution in [0.4, 0.5) is 0 Å². The van der Waals surface area contributed by atoms with Gasteiger partial charge in [-0.2, -0.15) is 11.6 Å². The zero-order valence-electron chi connectivity index (χ0n) is 11.9. The molecule has 0 fully saturated rings. The van der Waals surface area contributed by atoms with Crippen LogP contribution in [0.1, 0.15) is 23.1 Å². The summed E-state index contributed by atoms with van der Waals surface area (Å²) in [6.07, 6.45) is 15.6. The molecule has 2 aliphatic carbocycles. The second-order valence-electron chi connectivity index (χ2n) is 5.74. The van der Waals surface area contributed by atoms with Gasteiger partial charge in [0.1, 0.15) is 0 Å². The van der Waals surface area contributed by atoms with Crippen molar-refractivity contribution in [3.8, 4) is 0 Å². The number of benzene rings is 1. The predicted octanol–water partition coefficient (Wildman–Crippen LogP) is 4.78. The van der Waals surface area contributed by atoms with Gasteiger partial charge in [0.15, 0.2) is 0 Å². The predicted molar refractivity (Wildman–Crippen MR) is 81.8 cm³/mol. The molecule has 2 aliphatic rings. The second kappa shape index (κ2) is 7.36. The summed E-state index contributed by atoms with van der Waals surface area (Å²) in [6.45, 7) is 7.21. The van der Waals surface area contributed by atoms with Crippen molar-refractivity contribution in [3.05, 3.63) is 65.8 Å². The molecular formula is C17H20SiZr. The minimum atomic E-state index is -1.12. The molecular weight excluding hydrogens is 323 g/mol. The van der Waals surface area contributed by atoms with Crippen molar-refractivity contribution in [2.24, 2.45) is 0 Å². The summed E-state index contributed by atoms with van der Waals surface area (Å²) in [4.78, 5) is 0. The van der Waals surface area contributed by atoms with Crippen LogP contribution < -0.4 is 0 Å². The van der Waals surface area contributed by atoms with Crippen LogP contribution in [-0.2, 0) is 26.2 Å². The fraction of sp³-hybridized carbons (Fsp3) is 0.294. The van der Waals surface area contributed by atoms with E-state index in [1.54, 1.807) is 0 Å². The zero-order valence-corrected chi connectivity index (χ0v) is 15.4. The molecule has 2 heteroatoms. The standard InChI is InChI=1S/C12H15Si.C5H5.Zr/c1-13(2,3)12-9-8-10-6-4-5-7-11(10)12;1-2-4-5-3-1;/h4-8,12H,1-3H3;1-3H,4H2;/q2*-1;+2. The molecule has 96 valence electrons. The summed E-state index contributed by atoms with van der Waals surface area (Å²) in [7, 11) is -1.12. The van der Waals surface area contributed by atoms with Gasteiger partial charge in [-0.3, -0.25) is 12.2 Å². The summed E-state index contributed by atoms with van der Waals surface area (Å²) >= 11 is 0. The van der Waals surface area contributed by atoms with Crippen molar-refractivity contribution in [2.45, 2.75) is 31.6 Å². The van der Waals surface area contributed by atoms with Crippen molar-refractivity contribution in [1.82, 2.24) is 0 Å². The van der Waals surface area contributed by atoms with Gasteiger partial charge < -0.3 is 0 Å². The molecule has 3 rings (SSSR count). The van der Waals surface area contributed by atoms with Crippen LogP contribution in [0.2, 0.25) is 19.6 Å². The van der Waals surface area contributed by atoms with Gasteiger partial charge in [-0.15, -0.1) is 18.1 Å². The van der Waals surface area contributed by atoms with E-state index in [1.165, 1.54) is 11.1 Å². The van der Waals surface area contributed by atoms with Crippen molar-refractivity contribution in [3.63, 3.8) is 0 Å². The normalized spacial score (nSPS) is 18.6. The fourth-order valence-corrected chi connectivity index (χ4v) is 4.00. The van der Waals surface area contributed by atoms with Crippen LogP contribution in [0.3, 0.4) is 0 Å². The molecule has 0 radical (unpaired) electrons. The van der Waals surface area contributed by atoms with E-state index in [9.17, 15) is 0 Å². The Morgan fingerprint density at radius 3 is 2.42 bits per heavy atom. The summed E-state index contributed by atoms with van der Waals surface area (Å²) in [6, 6.07) is 8.66. The van der Waals surface area contributed by atoms with Crippen molar-refractivity contribution >= 4 is 14.1 Å². The first-order chi connectivity index (χ1) is 8.59. The van der Waals surface area contributed by atoms with E-state index in [-0.39, 0.29) is 26.2 Å². The largest absolute Gasteiger partial charge is 2.00 e. The average molecular weight is 344 g/mol. The molecule has 0 bridgehead atoms. The molecule has 1 atom stereocenters. The first kappa shape index (κ1) is 16.6. The Labute approximate surface area is 137 Å². The molecule has 1 aromatic carbocycles. The molecule has 0 saturated heterocycles. The Morgan fingerprint density at radius 2 is 1.89 bits per heavy atom. The van der Waals surface area contributed by atoms with Crippen LogP contribution in [0.5, 0.6) is 0 Å². The second-order valence-corrected chi connectivity index (χ2v) is 11.1. The Balaban J connectivity index is 0.000000256. The van der Waals surface area contributed by atoms with E-state index in [4.69, 9.17) is 0 Å². The first-order valence-corrected chi connectivity index (χ1v) is 10.1. The van der Waals surface area contributed by atoms with E-state index in [1.807, 2.05) is 12.2 Å². The van der Waals surface area contributed by atoms with Crippen molar-refractivity contribution in [2.75, 3.05) is 0 Å². The quantitative estimate of drug-likeness (QED) is 0.508. The molecule has 0 spiro atoms. The third kappa shape index (κ3) is 4.54. The fourth-order valence-electron chi connectivity index (χ4n) is 2.22. The molecule has 0 nitrogen and oxygen atoms in total. The van der Waals surface area contributed by atoms with Crippen LogP contribution >= 0.6 is 0 Å². The Bertz CT molecular complexity index is 482. The van der Waals surface area contributed by atoms with Crippen LogP contribution in [-0.4, -0.2) is 8.07 Å². The molecule has 0 N–H and O–H groups in total. The molecule has 19 heavy (non-hydrogen) atoms. The maximum absolute atomic E-state index is 3.50. The smallest absolute Gasteiger partial charge is 0.273 e. The first-order valence-electron chi connectivity index (χ1n) is 6.49. The Kier molecular flexibility index (Phi) is 6.42. The SMILES string of the molecule is C[Si](C)(C)C1[C-]=Cc2ccccc21.[C-]1=CC=CC1.[Zr+2]. The summed E-state index contributed by atoms with van der Waals surface area (Å²) in [5.74, 6) is 0. The van der Waals surface area contributed by atoms with Crippen LogP contribution in [0.25, 0.3) is 6.08 Å². The zero-order chi connectivity index (χ0) is 13.0. The molecule has 0 heterocycles. The topological polar surface area (TPSA) is 0 Å². The Hall–Kier alpha value is -0.460. The van der Waals surface area contributed by atoms with Gasteiger partial charge in [0.05, 0.1) is 0 Å². The summed E-state index contributed by atoms with van der Waals surface area (Å²) in [5, 5.41) is 0. The number of allylic oxidation sites excluding steroid dienone is 5. The van der Waals surface area contributed by atoms with E-state index in [0.717, 1.165) is 6.42 Å². The van der Waals surface area contributed by atoms with Gasteiger partial charge >= 0.3 is 26.2 Å². The Morgan fingerprint density at radius 1 is 1.16 bits per heavy atom. The van der Waals surface area contributed by atoms with E-state index < -0.39 is 8.07 Å². The van der Waals surface area contributed by atoms with E-state index in [2.05, 4.69) is 68.2 Å². The number of hydrogen-bond donors (Lipinski definition) is 0. The molecule has 0 amide bonds. The minimum Gasteiger partial charge on any atom is -0.273 e. The van der Waals surface area contributed by atoms with Crippen LogP contribution in [0.15, 0.2) is 42.5 Å². The molecule has 0 aliphatic heterocycles. The average Bonchev–Trinajstić information content (AvgIpc) is 3.01. The third-order valence-electron chi connectivity index (χ3n) is 3.16. The monoisotopic (exact) mass is 342 g/mol. The third-order valence-corrected chi connectivity index (χ3v) is 5.37. The van der Waals surface area contributed by atoms with Gasteiger partial charge in [0.25, 0.3) is 0 Å². The maximum Gasteiger partial charge on any atom is 2.00 e. The summed E-state index contributed by atoms with van der Waals surface area (Å²) in [5.41, 5.74) is 3.46. The van der Waals surface area contributed by atoms with Gasteiger partial charge in [-0.1, -0.05) is 43.4 Å².